The number of carbonyl (C=O) groups excluding carboxylic acids is 1. The quantitative estimate of drug-likeness (QED) is 0.592. The maximum Gasteiger partial charge on any atom is 0.136 e. The smallest absolute Gasteiger partial charge is 0.136 e. The first kappa shape index (κ1) is 8.78. The number of rotatable bonds is 0. The number of ketones is 1. The van der Waals surface area contributed by atoms with Gasteiger partial charge in [-0.2, -0.15) is 0 Å². The molecule has 4 saturated carbocycles. The number of Topliss-reactive ketones (excluding diaryl/α,β-unsaturated/α-hetero) is 1. The average molecular weight is 204 g/mol. The summed E-state index contributed by atoms with van der Waals surface area (Å²) in [6, 6.07) is 0. The number of fused-ring (bicyclic) bond motifs is 4. The maximum absolute atomic E-state index is 12.1. The van der Waals surface area contributed by atoms with Crippen LogP contribution in [0.1, 0.15) is 45.4 Å². The van der Waals surface area contributed by atoms with Gasteiger partial charge in [0.25, 0.3) is 0 Å². The Bertz CT molecular complexity index is 328. The van der Waals surface area contributed by atoms with Crippen LogP contribution in [0.4, 0.5) is 0 Å². The normalized spacial score (nSPS) is 54.7. The first-order valence-corrected chi connectivity index (χ1v) is 6.76. The predicted molar refractivity (Wildman–Crippen MR) is 58.3 cm³/mol. The second-order valence-electron chi connectivity index (χ2n) is 6.64. The first-order chi connectivity index (χ1) is 7.23. The molecule has 0 aromatic rings. The van der Waals surface area contributed by atoms with Crippen LogP contribution in [0.3, 0.4) is 0 Å². The molecule has 0 radical (unpaired) electrons. The second kappa shape index (κ2) is 2.49. The van der Waals surface area contributed by atoms with Crippen LogP contribution in [0.15, 0.2) is 0 Å². The second-order valence-corrected chi connectivity index (χ2v) is 6.64. The van der Waals surface area contributed by atoms with Gasteiger partial charge in [-0.3, -0.25) is 4.79 Å². The van der Waals surface area contributed by atoms with E-state index in [2.05, 4.69) is 6.92 Å². The molecule has 4 aliphatic carbocycles. The van der Waals surface area contributed by atoms with Crippen molar-refractivity contribution in [2.75, 3.05) is 0 Å². The van der Waals surface area contributed by atoms with Crippen molar-refractivity contribution in [2.45, 2.75) is 45.4 Å². The van der Waals surface area contributed by atoms with E-state index in [1.807, 2.05) is 0 Å². The minimum absolute atomic E-state index is 0.509. The molecular formula is C14H20O. The van der Waals surface area contributed by atoms with Crippen molar-refractivity contribution in [1.82, 2.24) is 0 Å². The average Bonchev–Trinajstić information content (AvgIpc) is 2.62. The fourth-order valence-electron chi connectivity index (χ4n) is 5.50. The molecule has 1 nitrogen and oxygen atoms in total. The molecule has 82 valence electrons. The standard InChI is InChI=1S/C14H20O/c1-8-9-2-3-11(15)12(9)13-10(8)4-5-14(13)6-7-14/h8-10,12-13H,2-7H2,1H3/t8-,9-,10-,12+,13-/m1/s1. The summed E-state index contributed by atoms with van der Waals surface area (Å²) in [6.07, 6.45) is 7.89. The van der Waals surface area contributed by atoms with Gasteiger partial charge in [0.2, 0.25) is 0 Å². The van der Waals surface area contributed by atoms with Crippen molar-refractivity contribution in [3.05, 3.63) is 0 Å². The Balaban J connectivity index is 1.77. The fraction of sp³-hybridized carbons (Fsp3) is 0.929. The topological polar surface area (TPSA) is 17.1 Å². The molecule has 0 unspecified atom stereocenters. The molecule has 4 aliphatic rings. The SMILES string of the molecule is C[C@@H]1[C@H]2CCC(=O)[C@H]2[C@H]2[C@@H]1CCC21CC1. The minimum Gasteiger partial charge on any atom is -0.299 e. The van der Waals surface area contributed by atoms with E-state index < -0.39 is 0 Å². The molecule has 1 spiro atoms. The van der Waals surface area contributed by atoms with Crippen LogP contribution in [0.5, 0.6) is 0 Å². The molecule has 0 aromatic heterocycles. The number of hydrogen-bond acceptors (Lipinski definition) is 1. The molecule has 0 heterocycles. The lowest BCUT2D eigenvalue weighted by Gasteiger charge is -2.23. The molecule has 0 amide bonds. The Morgan fingerprint density at radius 1 is 1.13 bits per heavy atom. The van der Waals surface area contributed by atoms with Crippen LogP contribution in [0, 0.1) is 35.0 Å². The molecule has 5 atom stereocenters. The van der Waals surface area contributed by atoms with Gasteiger partial charge in [-0.25, -0.2) is 0 Å². The van der Waals surface area contributed by atoms with Gasteiger partial charge in [-0.05, 0) is 61.2 Å². The van der Waals surface area contributed by atoms with Gasteiger partial charge in [0, 0.05) is 12.3 Å². The van der Waals surface area contributed by atoms with Crippen molar-refractivity contribution in [3.63, 3.8) is 0 Å². The fourth-order valence-corrected chi connectivity index (χ4v) is 5.50. The Labute approximate surface area is 91.6 Å². The largest absolute Gasteiger partial charge is 0.299 e. The van der Waals surface area contributed by atoms with Crippen LogP contribution >= 0.6 is 0 Å². The van der Waals surface area contributed by atoms with Crippen molar-refractivity contribution in [1.29, 1.82) is 0 Å². The van der Waals surface area contributed by atoms with Gasteiger partial charge in [-0.15, -0.1) is 0 Å². The zero-order valence-corrected chi connectivity index (χ0v) is 9.54. The van der Waals surface area contributed by atoms with Crippen molar-refractivity contribution in [3.8, 4) is 0 Å². The summed E-state index contributed by atoms with van der Waals surface area (Å²) in [5.41, 5.74) is 0.679. The zero-order chi connectivity index (χ0) is 10.2. The highest BCUT2D eigenvalue weighted by atomic mass is 16.1. The van der Waals surface area contributed by atoms with Gasteiger partial charge in [0.15, 0.2) is 0 Å². The molecular weight excluding hydrogens is 184 g/mol. The van der Waals surface area contributed by atoms with Gasteiger partial charge in [0.05, 0.1) is 0 Å². The van der Waals surface area contributed by atoms with E-state index in [1.165, 1.54) is 32.1 Å². The molecule has 0 bridgehead atoms. The van der Waals surface area contributed by atoms with Crippen LogP contribution in [0.2, 0.25) is 0 Å². The van der Waals surface area contributed by atoms with Gasteiger partial charge < -0.3 is 0 Å². The summed E-state index contributed by atoms with van der Waals surface area (Å²) >= 11 is 0. The lowest BCUT2D eigenvalue weighted by atomic mass is 9.80. The highest BCUT2D eigenvalue weighted by Crippen LogP contribution is 2.72. The monoisotopic (exact) mass is 204 g/mol. The van der Waals surface area contributed by atoms with E-state index in [1.54, 1.807) is 0 Å². The van der Waals surface area contributed by atoms with Crippen LogP contribution in [-0.2, 0) is 4.79 Å². The van der Waals surface area contributed by atoms with Crippen molar-refractivity contribution < 1.29 is 4.79 Å². The predicted octanol–water partition coefficient (Wildman–Crippen LogP) is 3.04. The van der Waals surface area contributed by atoms with Gasteiger partial charge >= 0.3 is 0 Å². The molecule has 4 rings (SSSR count). The van der Waals surface area contributed by atoms with Crippen LogP contribution < -0.4 is 0 Å². The molecule has 0 aromatic carbocycles. The Kier molecular flexibility index (Phi) is 1.46. The van der Waals surface area contributed by atoms with E-state index >= 15 is 0 Å². The highest BCUT2D eigenvalue weighted by molar-refractivity contribution is 5.84. The van der Waals surface area contributed by atoms with Gasteiger partial charge in [-0.1, -0.05) is 6.92 Å². The summed E-state index contributed by atoms with van der Waals surface area (Å²) in [4.78, 5) is 12.1. The van der Waals surface area contributed by atoms with Crippen LogP contribution in [0.25, 0.3) is 0 Å². The third kappa shape index (κ3) is 0.893. The van der Waals surface area contributed by atoms with E-state index in [-0.39, 0.29) is 0 Å². The van der Waals surface area contributed by atoms with E-state index in [9.17, 15) is 4.79 Å². The number of carbonyl (C=O) groups is 1. The Morgan fingerprint density at radius 2 is 1.93 bits per heavy atom. The van der Waals surface area contributed by atoms with E-state index in [4.69, 9.17) is 0 Å². The van der Waals surface area contributed by atoms with Crippen molar-refractivity contribution >= 4 is 5.78 Å². The first-order valence-electron chi connectivity index (χ1n) is 6.76. The highest BCUT2D eigenvalue weighted by Gasteiger charge is 2.66. The van der Waals surface area contributed by atoms with Gasteiger partial charge in [0.1, 0.15) is 5.78 Å². The molecule has 4 fully saturated rings. The minimum atomic E-state index is 0.509. The third-order valence-corrected chi connectivity index (χ3v) is 6.33. The van der Waals surface area contributed by atoms with Crippen molar-refractivity contribution in [2.24, 2.45) is 35.0 Å². The van der Waals surface area contributed by atoms with Crippen LogP contribution in [-0.4, -0.2) is 5.78 Å². The molecule has 1 heteroatoms. The summed E-state index contributed by atoms with van der Waals surface area (Å²) in [7, 11) is 0. The third-order valence-electron chi connectivity index (χ3n) is 6.33. The Hall–Kier alpha value is -0.330. The Morgan fingerprint density at radius 3 is 2.67 bits per heavy atom. The summed E-state index contributed by atoms with van der Waals surface area (Å²) in [6.45, 7) is 2.43. The summed E-state index contributed by atoms with van der Waals surface area (Å²) in [5.74, 6) is 4.53. The molecule has 0 saturated heterocycles. The van der Waals surface area contributed by atoms with E-state index in [0.717, 1.165) is 30.1 Å². The molecule has 0 aliphatic heterocycles. The number of hydrogen-bond donors (Lipinski definition) is 0. The molecule has 15 heavy (non-hydrogen) atoms. The molecule has 0 N–H and O–H groups in total. The van der Waals surface area contributed by atoms with E-state index in [0.29, 0.717) is 17.1 Å². The maximum atomic E-state index is 12.1. The zero-order valence-electron chi connectivity index (χ0n) is 9.54. The summed E-state index contributed by atoms with van der Waals surface area (Å²) < 4.78 is 0. The lowest BCUT2D eigenvalue weighted by Crippen LogP contribution is -2.24. The lowest BCUT2D eigenvalue weighted by molar-refractivity contribution is -0.122. The summed E-state index contributed by atoms with van der Waals surface area (Å²) in [5, 5.41) is 0.